The van der Waals surface area contributed by atoms with Gasteiger partial charge in [-0.2, -0.15) is 15.2 Å². The van der Waals surface area contributed by atoms with Gasteiger partial charge in [-0.1, -0.05) is 30.8 Å². The van der Waals surface area contributed by atoms with E-state index in [0.29, 0.717) is 70.4 Å². The van der Waals surface area contributed by atoms with Crippen molar-refractivity contribution in [3.63, 3.8) is 0 Å². The first-order valence-corrected chi connectivity index (χ1v) is 15.4. The number of benzene rings is 3. The fourth-order valence-electron chi connectivity index (χ4n) is 6.86. The van der Waals surface area contributed by atoms with E-state index in [4.69, 9.17) is 19.1 Å². The third-order valence-electron chi connectivity index (χ3n) is 9.25. The molecule has 2 aliphatic heterocycles. The number of anilines is 1. The maximum Gasteiger partial charge on any atom is 0.319 e. The van der Waals surface area contributed by atoms with E-state index in [9.17, 15) is 19.6 Å². The van der Waals surface area contributed by atoms with E-state index < -0.39 is 11.6 Å². The van der Waals surface area contributed by atoms with Crippen molar-refractivity contribution in [2.75, 3.05) is 44.7 Å². The van der Waals surface area contributed by atoms with Gasteiger partial charge in [0.25, 0.3) is 0 Å². The molecule has 2 fully saturated rings. The number of rotatable bonds is 7. The zero-order valence-corrected chi connectivity index (χ0v) is 25.4. The van der Waals surface area contributed by atoms with Gasteiger partial charge in [-0.05, 0) is 67.2 Å². The number of amides is 1. The van der Waals surface area contributed by atoms with E-state index in [0.717, 1.165) is 24.8 Å². The summed E-state index contributed by atoms with van der Waals surface area (Å²) in [5.74, 6) is -0.771. The van der Waals surface area contributed by atoms with Crippen LogP contribution in [0.3, 0.4) is 0 Å². The largest absolute Gasteiger partial charge is 0.505 e. The Morgan fingerprint density at radius 2 is 1.96 bits per heavy atom. The highest BCUT2D eigenvalue weighted by molar-refractivity contribution is 6.16. The lowest BCUT2D eigenvalue weighted by Gasteiger charge is -2.41. The Balaban J connectivity index is 1.41. The van der Waals surface area contributed by atoms with Gasteiger partial charge in [0.2, 0.25) is 5.91 Å². The van der Waals surface area contributed by atoms with Crippen LogP contribution in [0.2, 0.25) is 0 Å². The lowest BCUT2D eigenvalue weighted by atomic mass is 9.94. The molecule has 2 aromatic heterocycles. The Labute approximate surface area is 264 Å². The number of phenols is 1. The third-order valence-corrected chi connectivity index (χ3v) is 9.25. The standard InChI is InChI=1S/C35H33FN6O4/c1-3-30(44)42-15-14-41(19-21(42)10-12-37)34-31-28(38-35(39-34)46-20-22-7-6-13-40(22)2)17-26(25-11-16-45-33(25)31)27-18-29(43)32(36)24-9-5-4-8-23(24)27/h3-5,8-9,11,16-18,21-22,43H,1,6-7,10,13-15,19-20H2,2H3/t21-,22-/m0/s1. The molecule has 7 rings (SSSR count). The quantitative estimate of drug-likeness (QED) is 0.231. The normalized spacial score (nSPS) is 18.8. The molecule has 1 N–H and O–H groups in total. The van der Waals surface area contributed by atoms with Crippen LogP contribution in [0.5, 0.6) is 11.8 Å². The average molecular weight is 621 g/mol. The van der Waals surface area contributed by atoms with Gasteiger partial charge in [-0.25, -0.2) is 4.39 Å². The highest BCUT2D eigenvalue weighted by Crippen LogP contribution is 2.43. The Bertz CT molecular complexity index is 2040. The van der Waals surface area contributed by atoms with Gasteiger partial charge in [0, 0.05) is 36.4 Å². The maximum atomic E-state index is 15.0. The molecule has 0 spiro atoms. The van der Waals surface area contributed by atoms with Crippen LogP contribution >= 0.6 is 0 Å². The highest BCUT2D eigenvalue weighted by atomic mass is 19.1. The minimum Gasteiger partial charge on any atom is -0.505 e. The van der Waals surface area contributed by atoms with Gasteiger partial charge in [-0.15, -0.1) is 0 Å². The number of nitriles is 1. The van der Waals surface area contributed by atoms with Gasteiger partial charge in [0.05, 0.1) is 35.7 Å². The molecule has 0 unspecified atom stereocenters. The van der Waals surface area contributed by atoms with Crippen molar-refractivity contribution in [1.29, 1.82) is 5.26 Å². The molecular weight excluding hydrogens is 587 g/mol. The molecule has 10 nitrogen and oxygen atoms in total. The van der Waals surface area contributed by atoms with Crippen LogP contribution in [-0.4, -0.2) is 82.7 Å². The Hall–Kier alpha value is -5.21. The number of phenolic OH excluding ortho intramolecular Hbond substituents is 1. The summed E-state index contributed by atoms with van der Waals surface area (Å²) < 4.78 is 27.3. The lowest BCUT2D eigenvalue weighted by molar-refractivity contribution is -0.128. The molecule has 1 amide bonds. The summed E-state index contributed by atoms with van der Waals surface area (Å²) in [5, 5.41) is 22.5. The molecule has 4 heterocycles. The second-order valence-corrected chi connectivity index (χ2v) is 11.9. The molecule has 234 valence electrons. The van der Waals surface area contributed by atoms with E-state index >= 15 is 0 Å². The van der Waals surface area contributed by atoms with E-state index in [1.807, 2.05) is 29.2 Å². The van der Waals surface area contributed by atoms with Gasteiger partial charge < -0.3 is 29.0 Å². The predicted molar refractivity (Wildman–Crippen MR) is 173 cm³/mol. The predicted octanol–water partition coefficient (Wildman–Crippen LogP) is 5.63. The summed E-state index contributed by atoms with van der Waals surface area (Å²) in [6.07, 6.45) is 5.13. The zero-order valence-electron chi connectivity index (χ0n) is 25.4. The first-order valence-electron chi connectivity index (χ1n) is 15.4. The van der Waals surface area contributed by atoms with Crippen molar-refractivity contribution >= 4 is 44.4 Å². The van der Waals surface area contributed by atoms with Gasteiger partial charge in [-0.3, -0.25) is 4.79 Å². The number of nitrogens with zero attached hydrogens (tertiary/aromatic N) is 6. The number of piperazine rings is 1. The molecule has 2 atom stereocenters. The minimum absolute atomic E-state index is 0.151. The van der Waals surface area contributed by atoms with Crippen LogP contribution in [0.4, 0.5) is 10.2 Å². The Morgan fingerprint density at radius 1 is 1.15 bits per heavy atom. The topological polar surface area (TPSA) is 119 Å². The molecule has 0 saturated carbocycles. The number of furan rings is 1. The molecule has 11 heteroatoms. The van der Waals surface area contributed by atoms with Crippen LogP contribution in [0.25, 0.3) is 43.8 Å². The molecule has 2 saturated heterocycles. The number of hydrogen-bond donors (Lipinski definition) is 1. The number of likely N-dealkylation sites (tertiary alicyclic amines) is 1. The lowest BCUT2D eigenvalue weighted by Crippen LogP contribution is -2.55. The molecule has 5 aromatic rings. The van der Waals surface area contributed by atoms with E-state index in [1.165, 1.54) is 12.1 Å². The van der Waals surface area contributed by atoms with Crippen molar-refractivity contribution in [3.05, 3.63) is 67.2 Å². The highest BCUT2D eigenvalue weighted by Gasteiger charge is 2.32. The van der Waals surface area contributed by atoms with Crippen LogP contribution in [-0.2, 0) is 4.79 Å². The van der Waals surface area contributed by atoms with Crippen LogP contribution in [0.15, 0.2) is 65.8 Å². The fraction of sp³-hybridized carbons (Fsp3) is 0.314. The van der Waals surface area contributed by atoms with E-state index in [2.05, 4.69) is 24.6 Å². The van der Waals surface area contributed by atoms with Crippen LogP contribution in [0.1, 0.15) is 19.3 Å². The molecule has 0 radical (unpaired) electrons. The van der Waals surface area contributed by atoms with Crippen molar-refractivity contribution in [2.45, 2.75) is 31.3 Å². The van der Waals surface area contributed by atoms with E-state index in [-0.39, 0.29) is 30.4 Å². The second-order valence-electron chi connectivity index (χ2n) is 11.9. The SMILES string of the molecule is C=CC(=O)N1CCN(c2nc(OC[C@@H]3CCCN3C)nc3cc(-c4cc(O)c(F)c5ccccc45)c4ccoc4c23)C[C@@H]1CC#N. The molecule has 3 aromatic carbocycles. The number of aromatic hydroxyl groups is 1. The first kappa shape index (κ1) is 29.5. The summed E-state index contributed by atoms with van der Waals surface area (Å²) >= 11 is 0. The Morgan fingerprint density at radius 3 is 2.72 bits per heavy atom. The molecule has 2 aliphatic rings. The molecule has 0 aliphatic carbocycles. The fourth-order valence-corrected chi connectivity index (χ4v) is 6.86. The second kappa shape index (κ2) is 11.9. The third kappa shape index (κ3) is 5.04. The first-order chi connectivity index (χ1) is 22.4. The molecular formula is C35H33FN6O4. The number of carbonyl (C=O) groups is 1. The number of halogens is 1. The number of fused-ring (bicyclic) bond motifs is 4. The zero-order chi connectivity index (χ0) is 31.9. The molecule has 46 heavy (non-hydrogen) atoms. The van der Waals surface area contributed by atoms with Crippen molar-refractivity contribution in [3.8, 4) is 29.0 Å². The maximum absolute atomic E-state index is 15.0. The summed E-state index contributed by atoms with van der Waals surface area (Å²) in [5.41, 5.74) is 2.41. The van der Waals surface area contributed by atoms with E-state index in [1.54, 1.807) is 23.3 Å². The molecule has 0 bridgehead atoms. The average Bonchev–Trinajstić information content (AvgIpc) is 3.73. The Kier molecular flexibility index (Phi) is 7.66. The number of ether oxygens (including phenoxy) is 1. The van der Waals surface area contributed by atoms with Crippen molar-refractivity contribution in [1.82, 2.24) is 19.8 Å². The summed E-state index contributed by atoms with van der Waals surface area (Å²) in [4.78, 5) is 28.4. The number of carbonyl (C=O) groups excluding carboxylic acids is 1. The van der Waals surface area contributed by atoms with Gasteiger partial charge >= 0.3 is 6.01 Å². The van der Waals surface area contributed by atoms with Crippen molar-refractivity contribution < 1.29 is 23.4 Å². The van der Waals surface area contributed by atoms with Crippen LogP contribution < -0.4 is 9.64 Å². The smallest absolute Gasteiger partial charge is 0.319 e. The summed E-state index contributed by atoms with van der Waals surface area (Å²) in [7, 11) is 2.08. The van der Waals surface area contributed by atoms with Crippen molar-refractivity contribution in [2.24, 2.45) is 0 Å². The number of likely N-dealkylation sites (N-methyl/N-ethyl adjacent to an activating group) is 1. The monoisotopic (exact) mass is 620 g/mol. The summed E-state index contributed by atoms with van der Waals surface area (Å²) in [6.45, 7) is 6.26. The van der Waals surface area contributed by atoms with Crippen LogP contribution in [0, 0.1) is 17.1 Å². The van der Waals surface area contributed by atoms with Gasteiger partial charge in [0.1, 0.15) is 18.0 Å². The minimum atomic E-state index is -0.679. The van der Waals surface area contributed by atoms with Gasteiger partial charge in [0.15, 0.2) is 11.6 Å². The summed E-state index contributed by atoms with van der Waals surface area (Å²) in [6, 6.07) is 14.5. The number of aromatic nitrogens is 2. The number of hydrogen-bond acceptors (Lipinski definition) is 9.